The Morgan fingerprint density at radius 1 is 1.67 bits per heavy atom. The van der Waals surface area contributed by atoms with Crippen LogP contribution in [0.2, 0.25) is 0 Å². The average molecular weight is 126 g/mol. The molecule has 1 N–H and O–H groups in total. The van der Waals surface area contributed by atoms with Gasteiger partial charge in [0, 0.05) is 0 Å². The molecule has 0 saturated heterocycles. The van der Waals surface area contributed by atoms with Crippen LogP contribution in [0.3, 0.4) is 0 Å². The quantitative estimate of drug-likeness (QED) is 0.490. The minimum atomic E-state index is -0.172. The molecule has 1 nitrogen and oxygen atoms in total. The summed E-state index contributed by atoms with van der Waals surface area (Å²) in [5.41, 5.74) is 1.33. The van der Waals surface area contributed by atoms with Gasteiger partial charge in [-0.15, -0.1) is 0 Å². The molecule has 0 bridgehead atoms. The molecule has 0 saturated carbocycles. The number of hydrogen-bond donors (Lipinski definition) is 1. The van der Waals surface area contributed by atoms with E-state index in [2.05, 4.69) is 13.8 Å². The average Bonchev–Trinajstić information content (AvgIpc) is 1.59. The molecule has 1 aliphatic rings. The Bertz CT molecular complexity index is 127. The van der Waals surface area contributed by atoms with Crippen molar-refractivity contribution in [3.05, 3.63) is 11.6 Å². The zero-order valence-corrected chi connectivity index (χ0v) is 6.09. The van der Waals surface area contributed by atoms with Crippen LogP contribution >= 0.6 is 0 Å². The smallest absolute Gasteiger partial charge is 0.0726 e. The summed E-state index contributed by atoms with van der Waals surface area (Å²) in [7, 11) is 0. The number of allylic oxidation sites excluding steroid dienone is 1. The predicted octanol–water partition coefficient (Wildman–Crippen LogP) is 1.72. The van der Waals surface area contributed by atoms with Gasteiger partial charge in [0.05, 0.1) is 6.10 Å². The second-order valence-corrected chi connectivity index (χ2v) is 3.13. The minimum absolute atomic E-state index is 0.172. The summed E-state index contributed by atoms with van der Waals surface area (Å²) in [6.45, 7) is 4.26. The van der Waals surface area contributed by atoms with Gasteiger partial charge in [0.2, 0.25) is 0 Å². The first-order valence-electron chi connectivity index (χ1n) is 3.54. The highest BCUT2D eigenvalue weighted by Gasteiger charge is 2.13. The number of hydrogen-bond acceptors (Lipinski definition) is 1. The first kappa shape index (κ1) is 6.81. The van der Waals surface area contributed by atoms with E-state index in [4.69, 9.17) is 0 Å². The van der Waals surface area contributed by atoms with Gasteiger partial charge in [-0.25, -0.2) is 0 Å². The second kappa shape index (κ2) is 2.53. The summed E-state index contributed by atoms with van der Waals surface area (Å²) in [6.07, 6.45) is 3.89. The summed E-state index contributed by atoms with van der Waals surface area (Å²) < 4.78 is 0. The SMILES string of the molecule is CC1=C[C@@H](O)C[C@H](C)C1. The lowest BCUT2D eigenvalue weighted by atomic mass is 9.90. The van der Waals surface area contributed by atoms with E-state index in [9.17, 15) is 5.11 Å². The summed E-state index contributed by atoms with van der Waals surface area (Å²) in [5.74, 6) is 0.671. The first-order valence-corrected chi connectivity index (χ1v) is 3.54. The molecule has 1 aliphatic carbocycles. The molecule has 0 radical (unpaired) electrons. The van der Waals surface area contributed by atoms with Crippen LogP contribution < -0.4 is 0 Å². The predicted molar refractivity (Wildman–Crippen MR) is 38.2 cm³/mol. The molecule has 2 atom stereocenters. The van der Waals surface area contributed by atoms with Crippen molar-refractivity contribution in [2.45, 2.75) is 32.8 Å². The van der Waals surface area contributed by atoms with Crippen LogP contribution in [-0.4, -0.2) is 11.2 Å². The van der Waals surface area contributed by atoms with Gasteiger partial charge in [-0.1, -0.05) is 18.6 Å². The van der Waals surface area contributed by atoms with Crippen LogP contribution in [0.4, 0.5) is 0 Å². The number of aliphatic hydroxyl groups is 1. The van der Waals surface area contributed by atoms with E-state index in [1.54, 1.807) is 0 Å². The van der Waals surface area contributed by atoms with E-state index in [1.165, 1.54) is 5.57 Å². The Hall–Kier alpha value is -0.300. The maximum atomic E-state index is 9.17. The molecule has 9 heavy (non-hydrogen) atoms. The molecule has 0 heterocycles. The highest BCUT2D eigenvalue weighted by molar-refractivity contribution is 5.06. The van der Waals surface area contributed by atoms with E-state index < -0.39 is 0 Å². The number of rotatable bonds is 0. The van der Waals surface area contributed by atoms with Crippen molar-refractivity contribution >= 4 is 0 Å². The van der Waals surface area contributed by atoms with Gasteiger partial charge in [-0.05, 0) is 25.7 Å². The van der Waals surface area contributed by atoms with Gasteiger partial charge in [0.1, 0.15) is 0 Å². The van der Waals surface area contributed by atoms with Crippen LogP contribution in [0.5, 0.6) is 0 Å². The molecule has 0 fully saturated rings. The maximum absolute atomic E-state index is 9.17. The van der Waals surface area contributed by atoms with Crippen molar-refractivity contribution in [2.24, 2.45) is 5.92 Å². The Labute approximate surface area is 56.4 Å². The van der Waals surface area contributed by atoms with E-state index >= 15 is 0 Å². The van der Waals surface area contributed by atoms with Gasteiger partial charge < -0.3 is 5.11 Å². The largest absolute Gasteiger partial charge is 0.389 e. The summed E-state index contributed by atoms with van der Waals surface area (Å²) in [6, 6.07) is 0. The monoisotopic (exact) mass is 126 g/mol. The summed E-state index contributed by atoms with van der Waals surface area (Å²) >= 11 is 0. The van der Waals surface area contributed by atoms with E-state index in [0.29, 0.717) is 5.92 Å². The molecule has 0 spiro atoms. The topological polar surface area (TPSA) is 20.2 Å². The third kappa shape index (κ3) is 1.83. The van der Waals surface area contributed by atoms with Gasteiger partial charge in [-0.3, -0.25) is 0 Å². The van der Waals surface area contributed by atoms with E-state index in [-0.39, 0.29) is 6.10 Å². The van der Waals surface area contributed by atoms with Crippen molar-refractivity contribution in [1.29, 1.82) is 0 Å². The van der Waals surface area contributed by atoms with E-state index in [0.717, 1.165) is 12.8 Å². The highest BCUT2D eigenvalue weighted by atomic mass is 16.3. The summed E-state index contributed by atoms with van der Waals surface area (Å²) in [5, 5.41) is 9.17. The molecule has 0 unspecified atom stereocenters. The third-order valence-corrected chi connectivity index (χ3v) is 1.79. The minimum Gasteiger partial charge on any atom is -0.389 e. The number of aliphatic hydroxyl groups excluding tert-OH is 1. The van der Waals surface area contributed by atoms with Crippen molar-refractivity contribution in [1.82, 2.24) is 0 Å². The lowest BCUT2D eigenvalue weighted by molar-refractivity contribution is 0.180. The fourth-order valence-electron chi connectivity index (χ4n) is 1.51. The van der Waals surface area contributed by atoms with Gasteiger partial charge in [0.25, 0.3) is 0 Å². The molecule has 0 aromatic carbocycles. The van der Waals surface area contributed by atoms with E-state index in [1.807, 2.05) is 6.08 Å². The van der Waals surface area contributed by atoms with Gasteiger partial charge in [0.15, 0.2) is 0 Å². The van der Waals surface area contributed by atoms with Crippen LogP contribution in [0, 0.1) is 5.92 Å². The molecular formula is C8H14O. The zero-order chi connectivity index (χ0) is 6.85. The van der Waals surface area contributed by atoms with Crippen molar-refractivity contribution in [2.75, 3.05) is 0 Å². The second-order valence-electron chi connectivity index (χ2n) is 3.13. The molecule has 52 valence electrons. The highest BCUT2D eigenvalue weighted by Crippen LogP contribution is 2.22. The Morgan fingerprint density at radius 3 is 2.78 bits per heavy atom. The fraction of sp³-hybridized carbons (Fsp3) is 0.750. The van der Waals surface area contributed by atoms with Crippen molar-refractivity contribution in [3.63, 3.8) is 0 Å². The molecule has 1 rings (SSSR count). The standard InChI is InChI=1S/C8H14O/c1-6-3-7(2)5-8(9)4-6/h4,7-9H,3,5H2,1-2H3/t7-,8-/m1/s1. The third-order valence-electron chi connectivity index (χ3n) is 1.79. The first-order chi connectivity index (χ1) is 4.18. The fourth-order valence-corrected chi connectivity index (χ4v) is 1.51. The van der Waals surface area contributed by atoms with Crippen molar-refractivity contribution < 1.29 is 5.11 Å². The van der Waals surface area contributed by atoms with Gasteiger partial charge in [-0.2, -0.15) is 0 Å². The Balaban J connectivity index is 2.56. The molecule has 0 aromatic rings. The molecule has 0 aromatic heterocycles. The lowest BCUT2D eigenvalue weighted by Crippen LogP contribution is -2.14. The summed E-state index contributed by atoms with van der Waals surface area (Å²) in [4.78, 5) is 0. The molecule has 0 aliphatic heterocycles. The van der Waals surface area contributed by atoms with Crippen molar-refractivity contribution in [3.8, 4) is 0 Å². The van der Waals surface area contributed by atoms with Crippen LogP contribution in [0.1, 0.15) is 26.7 Å². The zero-order valence-electron chi connectivity index (χ0n) is 6.09. The lowest BCUT2D eigenvalue weighted by Gasteiger charge is -2.20. The van der Waals surface area contributed by atoms with Gasteiger partial charge >= 0.3 is 0 Å². The van der Waals surface area contributed by atoms with Crippen LogP contribution in [0.25, 0.3) is 0 Å². The van der Waals surface area contributed by atoms with Crippen LogP contribution in [-0.2, 0) is 0 Å². The Morgan fingerprint density at radius 2 is 2.33 bits per heavy atom. The maximum Gasteiger partial charge on any atom is 0.0726 e. The molecular weight excluding hydrogens is 112 g/mol. The Kier molecular flexibility index (Phi) is 1.91. The van der Waals surface area contributed by atoms with Crippen LogP contribution in [0.15, 0.2) is 11.6 Å². The molecule has 1 heteroatoms. The normalized spacial score (nSPS) is 36.1. The molecule has 0 amide bonds.